The maximum Gasteiger partial charge on any atom is 0.411 e. The number of hydrogen-bond acceptors (Lipinski definition) is 5. The van der Waals surface area contributed by atoms with Crippen LogP contribution in [0.25, 0.3) is 11.1 Å². The summed E-state index contributed by atoms with van der Waals surface area (Å²) in [7, 11) is -3.73. The van der Waals surface area contributed by atoms with Crippen molar-refractivity contribution in [3.05, 3.63) is 83.4 Å². The zero-order chi connectivity index (χ0) is 22.2. The third-order valence-electron chi connectivity index (χ3n) is 5.20. The largest absolute Gasteiger partial charge is 0.478 e. The molecular weight excluding hydrogens is 418 g/mol. The molecule has 8 heteroatoms. The topological polar surface area (TPSA) is 110 Å². The number of anilines is 1. The van der Waals surface area contributed by atoms with Crippen molar-refractivity contribution in [2.24, 2.45) is 0 Å². The Morgan fingerprint density at radius 1 is 0.968 bits per heavy atom. The fourth-order valence-electron chi connectivity index (χ4n) is 3.85. The van der Waals surface area contributed by atoms with E-state index in [-0.39, 0.29) is 23.1 Å². The van der Waals surface area contributed by atoms with Crippen molar-refractivity contribution in [3.8, 4) is 11.1 Å². The Balaban J connectivity index is 1.51. The number of carboxylic acid groups (broad SMARTS) is 1. The van der Waals surface area contributed by atoms with E-state index in [9.17, 15) is 23.1 Å². The zero-order valence-corrected chi connectivity index (χ0v) is 17.3. The first-order valence-corrected chi connectivity index (χ1v) is 11.3. The van der Waals surface area contributed by atoms with E-state index in [0.717, 1.165) is 40.6 Å². The first-order chi connectivity index (χ1) is 14.8. The molecule has 0 atom stereocenters. The highest BCUT2D eigenvalue weighted by Gasteiger charge is 2.29. The number of nitrogens with one attached hydrogen (secondary N) is 1. The number of fused-ring (bicyclic) bond motifs is 3. The molecule has 1 aliphatic carbocycles. The van der Waals surface area contributed by atoms with Gasteiger partial charge in [0, 0.05) is 17.9 Å². The lowest BCUT2D eigenvalue weighted by atomic mass is 9.98. The summed E-state index contributed by atoms with van der Waals surface area (Å²) < 4.78 is 29.0. The van der Waals surface area contributed by atoms with Crippen LogP contribution in [0.5, 0.6) is 0 Å². The van der Waals surface area contributed by atoms with Gasteiger partial charge in [0.15, 0.2) is 9.84 Å². The predicted octanol–water partition coefficient (Wildman–Crippen LogP) is 4.15. The van der Waals surface area contributed by atoms with Gasteiger partial charge in [-0.15, -0.1) is 0 Å². The van der Waals surface area contributed by atoms with E-state index in [1.807, 2.05) is 48.5 Å². The Morgan fingerprint density at radius 3 is 2.10 bits per heavy atom. The van der Waals surface area contributed by atoms with Crippen LogP contribution in [0.4, 0.5) is 10.5 Å². The monoisotopic (exact) mass is 437 g/mol. The molecule has 0 heterocycles. The molecule has 0 saturated carbocycles. The Bertz CT molecular complexity index is 1250. The highest BCUT2D eigenvalue weighted by molar-refractivity contribution is 7.90. The summed E-state index contributed by atoms with van der Waals surface area (Å²) in [6.07, 6.45) is 0.165. The van der Waals surface area contributed by atoms with Gasteiger partial charge >= 0.3 is 12.1 Å². The molecule has 0 spiro atoms. The van der Waals surface area contributed by atoms with E-state index in [1.54, 1.807) is 0 Å². The van der Waals surface area contributed by atoms with Gasteiger partial charge in [0.25, 0.3) is 0 Å². The van der Waals surface area contributed by atoms with Gasteiger partial charge in [0.1, 0.15) is 6.61 Å². The van der Waals surface area contributed by atoms with Gasteiger partial charge in [0.2, 0.25) is 0 Å². The minimum absolute atomic E-state index is 0.104. The van der Waals surface area contributed by atoms with Crippen LogP contribution in [0, 0.1) is 0 Å². The van der Waals surface area contributed by atoms with Gasteiger partial charge in [-0.25, -0.2) is 18.0 Å². The maximum atomic E-state index is 12.4. The molecule has 0 saturated heterocycles. The first-order valence-electron chi connectivity index (χ1n) is 9.45. The Kier molecular flexibility index (Phi) is 5.24. The van der Waals surface area contributed by atoms with Gasteiger partial charge in [-0.05, 0) is 40.5 Å². The van der Waals surface area contributed by atoms with E-state index in [2.05, 4.69) is 5.32 Å². The molecule has 0 aromatic heterocycles. The lowest BCUT2D eigenvalue weighted by Crippen LogP contribution is -2.18. The fourth-order valence-corrected chi connectivity index (χ4v) is 4.71. The van der Waals surface area contributed by atoms with E-state index in [0.29, 0.717) is 0 Å². The Hall–Kier alpha value is -3.65. The summed E-state index contributed by atoms with van der Waals surface area (Å²) >= 11 is 0. The molecule has 0 unspecified atom stereocenters. The second-order valence-electron chi connectivity index (χ2n) is 7.24. The number of carbonyl (C=O) groups is 2. The van der Waals surface area contributed by atoms with Crippen LogP contribution in [0.1, 0.15) is 27.4 Å². The minimum Gasteiger partial charge on any atom is -0.478 e. The normalized spacial score (nSPS) is 12.7. The lowest BCUT2D eigenvalue weighted by molar-refractivity contribution is 0.0692. The SMILES string of the molecule is CS(=O)(=O)c1ccc(NC(=O)OCC2c3ccccc3-c3ccccc32)cc1C(=O)O. The molecule has 0 radical (unpaired) electrons. The number of benzene rings is 3. The molecule has 0 fully saturated rings. The number of aromatic carboxylic acids is 1. The van der Waals surface area contributed by atoms with Gasteiger partial charge in [-0.1, -0.05) is 48.5 Å². The smallest absolute Gasteiger partial charge is 0.411 e. The molecule has 4 rings (SSSR count). The van der Waals surface area contributed by atoms with Crippen molar-refractivity contribution >= 4 is 27.6 Å². The summed E-state index contributed by atoms with van der Waals surface area (Å²) in [6.45, 7) is 0.104. The van der Waals surface area contributed by atoms with Gasteiger partial charge in [-0.2, -0.15) is 0 Å². The molecule has 158 valence electrons. The summed E-state index contributed by atoms with van der Waals surface area (Å²) in [5.74, 6) is -1.52. The standard InChI is InChI=1S/C23H19NO6S/c1-31(28,29)21-11-10-14(12-19(21)22(25)26)24-23(27)30-13-20-17-8-4-2-6-15(17)16-7-3-5-9-18(16)20/h2-12,20H,13H2,1H3,(H,24,27)(H,25,26). The number of carbonyl (C=O) groups excluding carboxylic acids is 1. The van der Waals surface area contributed by atoms with Crippen LogP contribution in [-0.2, 0) is 14.6 Å². The molecule has 2 N–H and O–H groups in total. The van der Waals surface area contributed by atoms with Crippen LogP contribution in [0.2, 0.25) is 0 Å². The second-order valence-corrected chi connectivity index (χ2v) is 9.22. The zero-order valence-electron chi connectivity index (χ0n) is 16.5. The van der Waals surface area contributed by atoms with E-state index >= 15 is 0 Å². The number of carboxylic acids is 1. The van der Waals surface area contributed by atoms with E-state index < -0.39 is 27.5 Å². The van der Waals surface area contributed by atoms with E-state index in [1.165, 1.54) is 6.07 Å². The number of ether oxygens (including phenoxy) is 1. The summed E-state index contributed by atoms with van der Waals surface area (Å²) in [5, 5.41) is 11.8. The average molecular weight is 437 g/mol. The Labute approximate surface area is 179 Å². The van der Waals surface area contributed by atoms with Crippen molar-refractivity contribution in [2.45, 2.75) is 10.8 Å². The second kappa shape index (κ2) is 7.88. The lowest BCUT2D eigenvalue weighted by Gasteiger charge is -2.15. The van der Waals surface area contributed by atoms with Crippen LogP contribution in [0.3, 0.4) is 0 Å². The minimum atomic E-state index is -3.73. The van der Waals surface area contributed by atoms with Crippen LogP contribution >= 0.6 is 0 Å². The van der Waals surface area contributed by atoms with Crippen LogP contribution in [-0.4, -0.2) is 38.4 Å². The van der Waals surface area contributed by atoms with Crippen LogP contribution in [0.15, 0.2) is 71.6 Å². The van der Waals surface area contributed by atoms with Crippen molar-refractivity contribution in [1.82, 2.24) is 0 Å². The Morgan fingerprint density at radius 2 is 1.55 bits per heavy atom. The maximum absolute atomic E-state index is 12.4. The molecule has 3 aromatic rings. The highest BCUT2D eigenvalue weighted by Crippen LogP contribution is 2.44. The summed E-state index contributed by atoms with van der Waals surface area (Å²) in [4.78, 5) is 23.5. The van der Waals surface area contributed by atoms with Crippen molar-refractivity contribution in [1.29, 1.82) is 0 Å². The molecule has 7 nitrogen and oxygen atoms in total. The highest BCUT2D eigenvalue weighted by atomic mass is 32.2. The molecule has 0 aliphatic heterocycles. The number of rotatable bonds is 5. The number of sulfone groups is 1. The van der Waals surface area contributed by atoms with E-state index in [4.69, 9.17) is 4.74 Å². The molecule has 3 aromatic carbocycles. The quantitative estimate of drug-likeness (QED) is 0.621. The van der Waals surface area contributed by atoms with Crippen LogP contribution < -0.4 is 5.32 Å². The molecule has 1 amide bonds. The third-order valence-corrected chi connectivity index (χ3v) is 6.35. The summed E-state index contributed by atoms with van der Waals surface area (Å²) in [5.41, 5.74) is 4.06. The fraction of sp³-hybridized carbons (Fsp3) is 0.130. The molecule has 31 heavy (non-hydrogen) atoms. The predicted molar refractivity (Wildman–Crippen MR) is 115 cm³/mol. The van der Waals surface area contributed by atoms with Crippen molar-refractivity contribution < 1.29 is 27.9 Å². The van der Waals surface area contributed by atoms with Crippen molar-refractivity contribution in [3.63, 3.8) is 0 Å². The molecule has 1 aliphatic rings. The van der Waals surface area contributed by atoms with Gasteiger partial charge in [-0.3, -0.25) is 5.32 Å². The first kappa shape index (κ1) is 20.6. The van der Waals surface area contributed by atoms with Gasteiger partial charge in [0.05, 0.1) is 10.5 Å². The van der Waals surface area contributed by atoms with Gasteiger partial charge < -0.3 is 9.84 Å². The van der Waals surface area contributed by atoms with Crippen molar-refractivity contribution in [2.75, 3.05) is 18.2 Å². The third kappa shape index (κ3) is 4.02. The number of amides is 1. The molecule has 0 bridgehead atoms. The molecular formula is C23H19NO6S. The average Bonchev–Trinajstić information content (AvgIpc) is 3.05. The number of hydrogen-bond donors (Lipinski definition) is 2. The summed E-state index contributed by atoms with van der Waals surface area (Å²) in [6, 6.07) is 19.5.